The number of alkyl halides is 1. The average Bonchev–Trinajstić information content (AvgIpc) is 3.18. The SMILES string of the molecule is CCC(CC)C(F)Cn1ccn(CC(=O)c2cc(C(C)(C)C)c(O)c(C(C)(C)C)c2)/c1=N/C(=O)OCOC(C)=O. The van der Waals surface area contributed by atoms with Crippen LogP contribution in [0.3, 0.4) is 0 Å². The molecule has 0 aliphatic carbocycles. The summed E-state index contributed by atoms with van der Waals surface area (Å²) in [5.41, 5.74) is 0.880. The number of carbonyl (C=O) groups excluding carboxylic acids is 3. The monoisotopic (exact) mass is 561 g/mol. The Morgan fingerprint density at radius 2 is 1.48 bits per heavy atom. The second kappa shape index (κ2) is 13.3. The van der Waals surface area contributed by atoms with Gasteiger partial charge in [-0.25, -0.2) is 9.18 Å². The number of phenols is 1. The van der Waals surface area contributed by atoms with E-state index in [4.69, 9.17) is 4.74 Å². The van der Waals surface area contributed by atoms with Crippen molar-refractivity contribution in [1.29, 1.82) is 0 Å². The van der Waals surface area contributed by atoms with Crippen molar-refractivity contribution >= 4 is 17.8 Å². The fourth-order valence-electron chi connectivity index (χ4n) is 4.45. The van der Waals surface area contributed by atoms with Gasteiger partial charge in [0.05, 0.1) is 13.1 Å². The molecule has 1 heterocycles. The minimum Gasteiger partial charge on any atom is -0.507 e. The number of halogens is 1. The Labute approximate surface area is 236 Å². The first-order valence-electron chi connectivity index (χ1n) is 13.6. The van der Waals surface area contributed by atoms with Crippen LogP contribution in [0.15, 0.2) is 29.5 Å². The number of carbonyl (C=O) groups is 3. The number of hydrogen-bond donors (Lipinski definition) is 1. The topological polar surface area (TPSA) is 112 Å². The van der Waals surface area contributed by atoms with Gasteiger partial charge >= 0.3 is 12.1 Å². The molecule has 2 rings (SSSR count). The number of ketones is 1. The quantitative estimate of drug-likeness (QED) is 0.223. The number of amides is 1. The fourth-order valence-corrected chi connectivity index (χ4v) is 4.45. The Morgan fingerprint density at radius 1 is 0.950 bits per heavy atom. The molecular formula is C30H44FN3O6. The summed E-state index contributed by atoms with van der Waals surface area (Å²) in [7, 11) is 0. The highest BCUT2D eigenvalue weighted by molar-refractivity contribution is 5.96. The molecule has 1 N–H and O–H groups in total. The van der Waals surface area contributed by atoms with Gasteiger partial charge in [-0.15, -0.1) is 4.99 Å². The van der Waals surface area contributed by atoms with Crippen molar-refractivity contribution in [1.82, 2.24) is 9.13 Å². The molecule has 1 unspecified atom stereocenters. The highest BCUT2D eigenvalue weighted by Crippen LogP contribution is 2.39. The first kappa shape index (κ1) is 32.8. The van der Waals surface area contributed by atoms with Gasteiger partial charge in [-0.1, -0.05) is 68.2 Å². The van der Waals surface area contributed by atoms with Crippen LogP contribution in [0, 0.1) is 5.92 Å². The van der Waals surface area contributed by atoms with E-state index in [1.54, 1.807) is 24.5 Å². The zero-order valence-electron chi connectivity index (χ0n) is 25.2. The van der Waals surface area contributed by atoms with E-state index in [0.29, 0.717) is 29.5 Å². The lowest BCUT2D eigenvalue weighted by Crippen LogP contribution is -2.33. The average molecular weight is 562 g/mol. The normalized spacial score (nSPS) is 13.4. The zero-order valence-corrected chi connectivity index (χ0v) is 25.2. The number of Topliss-reactive ketones (excluding diaryl/α,β-unsaturated/α-hetero) is 1. The molecule has 222 valence electrons. The van der Waals surface area contributed by atoms with E-state index in [0.717, 1.165) is 0 Å². The van der Waals surface area contributed by atoms with Crippen LogP contribution in [0.4, 0.5) is 9.18 Å². The molecule has 1 atom stereocenters. The second-order valence-corrected chi connectivity index (χ2v) is 12.1. The number of esters is 1. The van der Waals surface area contributed by atoms with E-state index in [1.807, 2.05) is 55.4 Å². The van der Waals surface area contributed by atoms with E-state index in [-0.39, 0.29) is 36.2 Å². The molecule has 0 fully saturated rings. The maximum Gasteiger partial charge on any atom is 0.439 e. The standard InChI is InChI=1S/C30H44FN3O6/c1-10-20(11-2)24(31)16-33-12-13-34(27(33)32-28(38)40-18-39-19(3)35)17-25(36)21-14-22(29(4,5)6)26(37)23(15-21)30(7,8)9/h12-15,20,24,37H,10-11,16-18H2,1-9H3/b32-27+. The van der Waals surface area contributed by atoms with Crippen LogP contribution in [-0.2, 0) is 38.2 Å². The van der Waals surface area contributed by atoms with Crippen LogP contribution < -0.4 is 5.62 Å². The number of ether oxygens (including phenoxy) is 2. The van der Waals surface area contributed by atoms with Crippen molar-refractivity contribution in [3.05, 3.63) is 46.8 Å². The molecule has 9 nitrogen and oxygen atoms in total. The van der Waals surface area contributed by atoms with Crippen molar-refractivity contribution in [2.75, 3.05) is 6.79 Å². The number of imidazole rings is 1. The van der Waals surface area contributed by atoms with Gasteiger partial charge in [0.25, 0.3) is 0 Å². The predicted octanol–water partition coefficient (Wildman–Crippen LogP) is 5.81. The van der Waals surface area contributed by atoms with Crippen molar-refractivity contribution < 1.29 is 33.4 Å². The van der Waals surface area contributed by atoms with Crippen molar-refractivity contribution in [3.8, 4) is 5.75 Å². The molecule has 0 saturated heterocycles. The zero-order chi connectivity index (χ0) is 30.4. The third-order valence-electron chi connectivity index (χ3n) is 6.87. The molecule has 2 aromatic rings. The molecule has 1 aromatic heterocycles. The Bertz CT molecular complexity index is 1240. The Balaban J connectivity index is 2.54. The van der Waals surface area contributed by atoms with Gasteiger partial charge < -0.3 is 23.7 Å². The molecule has 40 heavy (non-hydrogen) atoms. The smallest absolute Gasteiger partial charge is 0.439 e. The lowest BCUT2D eigenvalue weighted by molar-refractivity contribution is -0.148. The minimum atomic E-state index is -1.20. The number of nitrogens with zero attached hydrogens (tertiary/aromatic N) is 3. The molecule has 0 aliphatic rings. The summed E-state index contributed by atoms with van der Waals surface area (Å²) in [5, 5.41) is 11.0. The van der Waals surface area contributed by atoms with Crippen molar-refractivity contribution in [2.24, 2.45) is 10.9 Å². The fraction of sp³-hybridized carbons (Fsp3) is 0.600. The maximum atomic E-state index is 15.1. The van der Waals surface area contributed by atoms with E-state index < -0.39 is 35.9 Å². The molecule has 0 bridgehead atoms. The summed E-state index contributed by atoms with van der Waals surface area (Å²) in [6.07, 6.45) is 2.19. The lowest BCUT2D eigenvalue weighted by atomic mass is 9.78. The molecule has 0 aliphatic heterocycles. The van der Waals surface area contributed by atoms with Gasteiger partial charge in [0.2, 0.25) is 12.4 Å². The van der Waals surface area contributed by atoms with Crippen LogP contribution in [0.5, 0.6) is 5.75 Å². The Morgan fingerprint density at radius 3 is 1.95 bits per heavy atom. The summed E-state index contributed by atoms with van der Waals surface area (Å²) in [5.74, 6) is -0.914. The number of phenolic OH excluding ortho intramolecular Hbond substituents is 1. The summed E-state index contributed by atoms with van der Waals surface area (Å²) in [6.45, 7) is 15.9. The van der Waals surface area contributed by atoms with Crippen LogP contribution >= 0.6 is 0 Å². The molecule has 1 aromatic carbocycles. The van der Waals surface area contributed by atoms with Gasteiger partial charge in [-0.05, 0) is 28.9 Å². The van der Waals surface area contributed by atoms with E-state index in [9.17, 15) is 19.5 Å². The van der Waals surface area contributed by atoms with E-state index >= 15 is 4.39 Å². The maximum absolute atomic E-state index is 15.1. The molecule has 0 radical (unpaired) electrons. The number of aromatic hydroxyl groups is 1. The Hall–Kier alpha value is -3.43. The lowest BCUT2D eigenvalue weighted by Gasteiger charge is -2.28. The first-order chi connectivity index (χ1) is 18.5. The number of aromatic nitrogens is 2. The molecule has 1 amide bonds. The van der Waals surface area contributed by atoms with Gasteiger partial charge in [-0.3, -0.25) is 9.59 Å². The predicted molar refractivity (Wildman–Crippen MR) is 150 cm³/mol. The highest BCUT2D eigenvalue weighted by atomic mass is 19.1. The minimum absolute atomic E-state index is 0.0284. The number of hydrogen-bond acceptors (Lipinski definition) is 6. The molecular weight excluding hydrogens is 517 g/mol. The largest absolute Gasteiger partial charge is 0.507 e. The van der Waals surface area contributed by atoms with Crippen LogP contribution in [-0.4, -0.2) is 45.1 Å². The van der Waals surface area contributed by atoms with E-state index in [1.165, 1.54) is 16.1 Å². The Kier molecular flexibility index (Phi) is 10.9. The first-order valence-corrected chi connectivity index (χ1v) is 13.6. The molecule has 10 heteroatoms. The molecule has 0 saturated carbocycles. The summed E-state index contributed by atoms with van der Waals surface area (Å²) >= 11 is 0. The molecule has 0 spiro atoms. The van der Waals surface area contributed by atoms with E-state index in [2.05, 4.69) is 9.73 Å². The highest BCUT2D eigenvalue weighted by Gasteiger charge is 2.28. The third-order valence-corrected chi connectivity index (χ3v) is 6.87. The number of rotatable bonds is 10. The summed E-state index contributed by atoms with van der Waals surface area (Å²) < 4.78 is 27.5. The summed E-state index contributed by atoms with van der Waals surface area (Å²) in [6, 6.07) is 3.39. The van der Waals surface area contributed by atoms with Gasteiger partial charge in [0, 0.05) is 36.0 Å². The van der Waals surface area contributed by atoms with Crippen molar-refractivity contribution in [2.45, 2.75) is 105 Å². The van der Waals surface area contributed by atoms with Crippen molar-refractivity contribution in [3.63, 3.8) is 0 Å². The second-order valence-electron chi connectivity index (χ2n) is 12.1. The summed E-state index contributed by atoms with van der Waals surface area (Å²) in [4.78, 5) is 41.0. The van der Waals surface area contributed by atoms with Gasteiger partial charge in [-0.2, -0.15) is 0 Å². The van der Waals surface area contributed by atoms with Crippen LogP contribution in [0.2, 0.25) is 0 Å². The van der Waals surface area contributed by atoms with Gasteiger partial charge in [0.1, 0.15) is 11.9 Å². The third kappa shape index (κ3) is 8.53. The van der Waals surface area contributed by atoms with Gasteiger partial charge in [0.15, 0.2) is 5.78 Å². The van der Waals surface area contributed by atoms with Crippen LogP contribution in [0.1, 0.15) is 96.6 Å². The van der Waals surface area contributed by atoms with Crippen LogP contribution in [0.25, 0.3) is 0 Å². The number of benzene rings is 1.